The minimum atomic E-state index is 0.729. The van der Waals surface area contributed by atoms with Crippen LogP contribution < -0.4 is 0 Å². The molecule has 0 saturated carbocycles. The highest BCUT2D eigenvalue weighted by Crippen LogP contribution is 2.21. The molecule has 1 aliphatic rings. The first-order valence-corrected chi connectivity index (χ1v) is 7.39. The number of fused-ring (bicyclic) bond motifs is 1. The summed E-state index contributed by atoms with van der Waals surface area (Å²) in [6.45, 7) is 2.53. The van der Waals surface area contributed by atoms with E-state index in [-0.39, 0.29) is 0 Å². The molecule has 5 heteroatoms. The van der Waals surface area contributed by atoms with Crippen molar-refractivity contribution < 1.29 is 4.42 Å². The van der Waals surface area contributed by atoms with Crippen molar-refractivity contribution in [3.8, 4) is 11.4 Å². The van der Waals surface area contributed by atoms with Gasteiger partial charge < -0.3 is 4.42 Å². The summed E-state index contributed by atoms with van der Waals surface area (Å²) in [6, 6.07) is 10.1. The number of oxazole rings is 1. The zero-order valence-corrected chi connectivity index (χ0v) is 12.1. The summed E-state index contributed by atoms with van der Waals surface area (Å²) in [5.74, 6) is 1.56. The maximum absolute atomic E-state index is 5.32. The molecule has 0 unspecified atom stereocenters. The number of aromatic nitrogens is 3. The quantitative estimate of drug-likeness (QED) is 0.743. The Hall–Kier alpha value is -2.53. The Labute approximate surface area is 128 Å². The molecule has 5 nitrogen and oxygen atoms in total. The van der Waals surface area contributed by atoms with Gasteiger partial charge in [0.05, 0.1) is 18.4 Å². The Morgan fingerprint density at radius 3 is 2.86 bits per heavy atom. The van der Waals surface area contributed by atoms with Crippen LogP contribution in [0, 0.1) is 0 Å². The molecule has 0 fully saturated rings. The van der Waals surface area contributed by atoms with Crippen LogP contribution in [0.1, 0.15) is 17.1 Å². The molecule has 0 aliphatic carbocycles. The summed E-state index contributed by atoms with van der Waals surface area (Å²) >= 11 is 0. The predicted octanol–water partition coefficient (Wildman–Crippen LogP) is 2.69. The molecule has 0 saturated heterocycles. The fraction of sp³-hybridized carbons (Fsp3) is 0.235. The summed E-state index contributed by atoms with van der Waals surface area (Å²) in [5.41, 5.74) is 3.41. The van der Waals surface area contributed by atoms with Crippen molar-refractivity contribution in [2.45, 2.75) is 19.5 Å². The third-order valence-corrected chi connectivity index (χ3v) is 3.89. The van der Waals surface area contributed by atoms with E-state index in [0.717, 1.165) is 49.0 Å². The Balaban J connectivity index is 1.54. The highest BCUT2D eigenvalue weighted by Gasteiger charge is 2.19. The van der Waals surface area contributed by atoms with Gasteiger partial charge >= 0.3 is 0 Å². The molecule has 0 spiro atoms. The summed E-state index contributed by atoms with van der Waals surface area (Å²) in [6.07, 6.45) is 6.18. The van der Waals surface area contributed by atoms with Crippen molar-refractivity contribution in [3.05, 3.63) is 66.1 Å². The van der Waals surface area contributed by atoms with Crippen LogP contribution in [0.15, 0.2) is 53.4 Å². The van der Waals surface area contributed by atoms with Gasteiger partial charge in [0.1, 0.15) is 6.26 Å². The van der Waals surface area contributed by atoms with Gasteiger partial charge in [-0.05, 0) is 0 Å². The van der Waals surface area contributed by atoms with Gasteiger partial charge in [-0.3, -0.25) is 4.90 Å². The maximum atomic E-state index is 5.32. The van der Waals surface area contributed by atoms with Gasteiger partial charge in [-0.15, -0.1) is 0 Å². The SMILES string of the molecule is c1ccc(-c2ncc3c(n2)CCN(Cc2ncco2)C3)cc1. The van der Waals surface area contributed by atoms with E-state index in [1.807, 2.05) is 36.5 Å². The van der Waals surface area contributed by atoms with Crippen LogP contribution in [0.4, 0.5) is 0 Å². The Bertz CT molecular complexity index is 756. The van der Waals surface area contributed by atoms with E-state index in [2.05, 4.69) is 14.9 Å². The fourth-order valence-electron chi connectivity index (χ4n) is 2.76. The molecule has 0 N–H and O–H groups in total. The maximum Gasteiger partial charge on any atom is 0.208 e. The van der Waals surface area contributed by atoms with Crippen LogP contribution >= 0.6 is 0 Å². The molecule has 3 heterocycles. The second kappa shape index (κ2) is 5.69. The largest absolute Gasteiger partial charge is 0.448 e. The van der Waals surface area contributed by atoms with Crippen LogP contribution in [-0.4, -0.2) is 26.4 Å². The second-order valence-electron chi connectivity index (χ2n) is 5.42. The molecule has 0 amide bonds. The first kappa shape index (κ1) is 13.2. The summed E-state index contributed by atoms with van der Waals surface area (Å²) in [5, 5.41) is 0. The van der Waals surface area contributed by atoms with Gasteiger partial charge in [-0.1, -0.05) is 30.3 Å². The van der Waals surface area contributed by atoms with Crippen molar-refractivity contribution in [1.82, 2.24) is 19.9 Å². The molecule has 2 aromatic heterocycles. The molecule has 0 atom stereocenters. The average Bonchev–Trinajstić information content (AvgIpc) is 3.08. The third kappa shape index (κ3) is 2.63. The van der Waals surface area contributed by atoms with E-state index in [0.29, 0.717) is 0 Å². The molecule has 4 rings (SSSR count). The lowest BCUT2D eigenvalue weighted by Gasteiger charge is -2.26. The topological polar surface area (TPSA) is 55.1 Å². The van der Waals surface area contributed by atoms with Crippen LogP contribution in [0.5, 0.6) is 0 Å². The zero-order chi connectivity index (χ0) is 14.8. The number of benzene rings is 1. The molecule has 1 aliphatic heterocycles. The van der Waals surface area contributed by atoms with Crippen molar-refractivity contribution in [2.24, 2.45) is 0 Å². The summed E-state index contributed by atoms with van der Waals surface area (Å²) < 4.78 is 5.32. The van der Waals surface area contributed by atoms with Crippen molar-refractivity contribution in [1.29, 1.82) is 0 Å². The van der Waals surface area contributed by atoms with E-state index in [1.54, 1.807) is 12.5 Å². The van der Waals surface area contributed by atoms with E-state index < -0.39 is 0 Å². The van der Waals surface area contributed by atoms with E-state index in [4.69, 9.17) is 9.40 Å². The first-order valence-electron chi connectivity index (χ1n) is 7.39. The highest BCUT2D eigenvalue weighted by molar-refractivity contribution is 5.54. The lowest BCUT2D eigenvalue weighted by Crippen LogP contribution is -2.31. The molecule has 1 aromatic carbocycles. The third-order valence-electron chi connectivity index (χ3n) is 3.89. The highest BCUT2D eigenvalue weighted by atomic mass is 16.3. The molecule has 0 radical (unpaired) electrons. The Morgan fingerprint density at radius 2 is 2.05 bits per heavy atom. The van der Waals surface area contributed by atoms with E-state index >= 15 is 0 Å². The molecular formula is C17H16N4O. The van der Waals surface area contributed by atoms with Crippen molar-refractivity contribution in [3.63, 3.8) is 0 Å². The molecule has 22 heavy (non-hydrogen) atoms. The number of rotatable bonds is 3. The van der Waals surface area contributed by atoms with E-state index in [1.165, 1.54) is 5.56 Å². The zero-order valence-electron chi connectivity index (χ0n) is 12.1. The van der Waals surface area contributed by atoms with Crippen LogP contribution in [0.25, 0.3) is 11.4 Å². The Morgan fingerprint density at radius 1 is 1.14 bits per heavy atom. The minimum Gasteiger partial charge on any atom is -0.448 e. The van der Waals surface area contributed by atoms with Gasteiger partial charge in [0, 0.05) is 36.8 Å². The first-order chi connectivity index (χ1) is 10.9. The summed E-state index contributed by atoms with van der Waals surface area (Å²) in [4.78, 5) is 15.7. The normalized spacial score (nSPS) is 14.7. The predicted molar refractivity (Wildman–Crippen MR) is 81.8 cm³/mol. The van der Waals surface area contributed by atoms with Crippen LogP contribution in [0.3, 0.4) is 0 Å². The molecular weight excluding hydrogens is 276 g/mol. The van der Waals surface area contributed by atoms with Crippen LogP contribution in [-0.2, 0) is 19.5 Å². The lowest BCUT2D eigenvalue weighted by molar-refractivity contribution is 0.219. The minimum absolute atomic E-state index is 0.729. The van der Waals surface area contributed by atoms with E-state index in [9.17, 15) is 0 Å². The van der Waals surface area contributed by atoms with Gasteiger partial charge in [0.25, 0.3) is 0 Å². The summed E-state index contributed by atoms with van der Waals surface area (Å²) in [7, 11) is 0. The van der Waals surface area contributed by atoms with Gasteiger partial charge in [0.15, 0.2) is 5.82 Å². The van der Waals surface area contributed by atoms with Gasteiger partial charge in [-0.25, -0.2) is 15.0 Å². The molecule has 110 valence electrons. The average molecular weight is 292 g/mol. The lowest BCUT2D eigenvalue weighted by atomic mass is 10.1. The van der Waals surface area contributed by atoms with Gasteiger partial charge in [-0.2, -0.15) is 0 Å². The molecule has 0 bridgehead atoms. The smallest absolute Gasteiger partial charge is 0.208 e. The molecule has 3 aromatic rings. The monoisotopic (exact) mass is 292 g/mol. The van der Waals surface area contributed by atoms with Crippen molar-refractivity contribution >= 4 is 0 Å². The number of hydrogen-bond acceptors (Lipinski definition) is 5. The second-order valence-corrected chi connectivity index (χ2v) is 5.42. The van der Waals surface area contributed by atoms with Gasteiger partial charge in [0.2, 0.25) is 5.89 Å². The number of hydrogen-bond donors (Lipinski definition) is 0. The fourth-order valence-corrected chi connectivity index (χ4v) is 2.76. The standard InChI is InChI=1S/C17H16N4O/c1-2-4-13(5-3-1)17-19-10-14-11-21(8-6-15(14)20-17)12-16-18-7-9-22-16/h1-5,7,9-10H,6,8,11-12H2. The van der Waals surface area contributed by atoms with Crippen LogP contribution in [0.2, 0.25) is 0 Å². The Kier molecular flexibility index (Phi) is 3.40. The number of nitrogens with zero attached hydrogens (tertiary/aromatic N) is 4. The van der Waals surface area contributed by atoms with Crippen molar-refractivity contribution in [2.75, 3.05) is 6.54 Å².